The largest absolute Gasteiger partial charge is 0.483 e. The fourth-order valence-electron chi connectivity index (χ4n) is 1.65. The summed E-state index contributed by atoms with van der Waals surface area (Å²) in [5.74, 6) is -0.336. The fraction of sp³-hybridized carbons (Fsp3) is 0.214. The number of ketones is 1. The van der Waals surface area contributed by atoms with E-state index in [1.54, 1.807) is 12.1 Å². The third-order valence-electron chi connectivity index (χ3n) is 2.66. The minimum absolute atomic E-state index is 0.00618. The van der Waals surface area contributed by atoms with Crippen LogP contribution < -0.4 is 4.74 Å². The van der Waals surface area contributed by atoms with Crippen LogP contribution in [0.25, 0.3) is 0 Å². The maximum Gasteiger partial charge on any atom is 0.416 e. The molecule has 2 aromatic rings. The molecular weight excluding hydrogens is 325 g/mol. The van der Waals surface area contributed by atoms with E-state index in [1.165, 1.54) is 19.1 Å². The number of ether oxygens (including phenoxy) is 1. The van der Waals surface area contributed by atoms with Crippen LogP contribution in [0.4, 0.5) is 13.2 Å². The van der Waals surface area contributed by atoms with Gasteiger partial charge in [0.15, 0.2) is 6.10 Å². The van der Waals surface area contributed by atoms with Crippen LogP contribution in [-0.4, -0.2) is 11.9 Å². The second-order valence-corrected chi connectivity index (χ2v) is 5.97. The van der Waals surface area contributed by atoms with Crippen LogP contribution in [0.1, 0.15) is 22.2 Å². The quantitative estimate of drug-likeness (QED) is 0.730. The van der Waals surface area contributed by atoms with E-state index in [0.29, 0.717) is 9.21 Å². The van der Waals surface area contributed by atoms with Crippen molar-refractivity contribution in [3.05, 3.63) is 51.2 Å². The molecule has 2 nitrogen and oxygen atoms in total. The van der Waals surface area contributed by atoms with Crippen LogP contribution >= 0.6 is 22.9 Å². The molecule has 7 heteroatoms. The Morgan fingerprint density at radius 3 is 2.57 bits per heavy atom. The number of halogens is 4. The molecular formula is C14H10ClF3O2S. The van der Waals surface area contributed by atoms with Gasteiger partial charge >= 0.3 is 6.18 Å². The summed E-state index contributed by atoms with van der Waals surface area (Å²) in [6.45, 7) is 1.48. The SMILES string of the molecule is CC(Oc1cccc(C(F)(F)F)c1)C(=O)c1ccc(Cl)s1. The third kappa shape index (κ3) is 3.98. The van der Waals surface area contributed by atoms with Crippen LogP contribution in [0, 0.1) is 0 Å². The smallest absolute Gasteiger partial charge is 0.416 e. The van der Waals surface area contributed by atoms with Gasteiger partial charge in [0.2, 0.25) is 5.78 Å². The molecule has 0 bridgehead atoms. The molecule has 1 heterocycles. The lowest BCUT2D eigenvalue weighted by Gasteiger charge is -2.14. The van der Waals surface area contributed by atoms with E-state index in [9.17, 15) is 18.0 Å². The molecule has 0 aliphatic heterocycles. The molecule has 0 saturated carbocycles. The second kappa shape index (κ2) is 6.07. The molecule has 0 aliphatic rings. The predicted molar refractivity (Wildman–Crippen MR) is 75.2 cm³/mol. The van der Waals surface area contributed by atoms with Crippen molar-refractivity contribution < 1.29 is 22.7 Å². The molecule has 0 spiro atoms. The van der Waals surface area contributed by atoms with Gasteiger partial charge in [0.25, 0.3) is 0 Å². The Kier molecular flexibility index (Phi) is 4.58. The Morgan fingerprint density at radius 1 is 1.29 bits per heavy atom. The van der Waals surface area contributed by atoms with Gasteiger partial charge in [-0.3, -0.25) is 4.79 Å². The van der Waals surface area contributed by atoms with Gasteiger partial charge in [0.1, 0.15) is 5.75 Å². The average molecular weight is 335 g/mol. The first-order valence-corrected chi connectivity index (χ1v) is 7.10. The molecule has 0 radical (unpaired) electrons. The Hall–Kier alpha value is -1.53. The van der Waals surface area contributed by atoms with Gasteiger partial charge < -0.3 is 4.74 Å². The summed E-state index contributed by atoms with van der Waals surface area (Å²) in [6, 6.07) is 7.55. The van der Waals surface area contributed by atoms with Gasteiger partial charge in [0, 0.05) is 0 Å². The van der Waals surface area contributed by atoms with Gasteiger partial charge in [0.05, 0.1) is 14.8 Å². The zero-order chi connectivity index (χ0) is 15.6. The highest BCUT2D eigenvalue weighted by Crippen LogP contribution is 2.31. The van der Waals surface area contributed by atoms with E-state index in [4.69, 9.17) is 16.3 Å². The monoisotopic (exact) mass is 334 g/mol. The first-order chi connectivity index (χ1) is 9.77. The molecule has 1 atom stereocenters. The fourth-order valence-corrected chi connectivity index (χ4v) is 2.71. The van der Waals surface area contributed by atoms with Crippen LogP contribution in [0.3, 0.4) is 0 Å². The van der Waals surface area contributed by atoms with E-state index in [-0.39, 0.29) is 11.5 Å². The number of thiophene rings is 1. The zero-order valence-corrected chi connectivity index (χ0v) is 12.4. The third-order valence-corrected chi connectivity index (χ3v) is 3.91. The van der Waals surface area contributed by atoms with Gasteiger partial charge in [-0.15, -0.1) is 11.3 Å². The number of carbonyl (C=O) groups excluding carboxylic acids is 1. The minimum Gasteiger partial charge on any atom is -0.483 e. The molecule has 0 amide bonds. The summed E-state index contributed by atoms with van der Waals surface area (Å²) in [5, 5.41) is 0. The maximum atomic E-state index is 12.6. The van der Waals surface area contributed by atoms with Gasteiger partial charge in [-0.1, -0.05) is 17.7 Å². The van der Waals surface area contributed by atoms with Gasteiger partial charge in [-0.2, -0.15) is 13.2 Å². The van der Waals surface area contributed by atoms with Crippen LogP contribution in [0.15, 0.2) is 36.4 Å². The summed E-state index contributed by atoms with van der Waals surface area (Å²) in [5.41, 5.74) is -0.821. The standard InChI is InChI=1S/C14H10ClF3O2S/c1-8(13(19)11-5-6-12(15)21-11)20-10-4-2-3-9(7-10)14(16,17)18/h2-8H,1H3. The molecule has 0 fully saturated rings. The Bertz CT molecular complexity index is 652. The van der Waals surface area contributed by atoms with Crippen molar-refractivity contribution in [3.63, 3.8) is 0 Å². The first kappa shape index (κ1) is 15.9. The minimum atomic E-state index is -4.45. The molecule has 112 valence electrons. The van der Waals surface area contributed by atoms with Gasteiger partial charge in [-0.25, -0.2) is 0 Å². The van der Waals surface area contributed by atoms with E-state index >= 15 is 0 Å². The Labute approximate surface area is 128 Å². The Morgan fingerprint density at radius 2 is 2.00 bits per heavy atom. The summed E-state index contributed by atoms with van der Waals surface area (Å²) in [7, 11) is 0. The average Bonchev–Trinajstić information content (AvgIpc) is 2.84. The molecule has 0 saturated heterocycles. The molecule has 2 rings (SSSR count). The predicted octanol–water partition coefficient (Wildman–Crippen LogP) is 5.07. The number of alkyl halides is 3. The lowest BCUT2D eigenvalue weighted by Crippen LogP contribution is -2.23. The van der Waals surface area contributed by atoms with Crippen LogP contribution in [0.2, 0.25) is 4.34 Å². The summed E-state index contributed by atoms with van der Waals surface area (Å²) >= 11 is 6.84. The number of benzene rings is 1. The Balaban J connectivity index is 2.13. The van der Waals surface area contributed by atoms with Crippen molar-refractivity contribution in [2.24, 2.45) is 0 Å². The van der Waals surface area contributed by atoms with Crippen molar-refractivity contribution in [3.8, 4) is 5.75 Å². The number of Topliss-reactive ketones (excluding diaryl/α,β-unsaturated/α-hetero) is 1. The van der Waals surface area contributed by atoms with Crippen molar-refractivity contribution in [2.75, 3.05) is 0 Å². The molecule has 1 aromatic heterocycles. The van der Waals surface area contributed by atoms with Gasteiger partial charge in [-0.05, 0) is 37.3 Å². The maximum absolute atomic E-state index is 12.6. The zero-order valence-electron chi connectivity index (χ0n) is 10.8. The number of hydrogen-bond acceptors (Lipinski definition) is 3. The molecule has 0 N–H and O–H groups in total. The number of rotatable bonds is 4. The molecule has 0 aliphatic carbocycles. The number of hydrogen-bond donors (Lipinski definition) is 0. The normalized spacial score (nSPS) is 13.0. The van der Waals surface area contributed by atoms with E-state index < -0.39 is 17.8 Å². The van der Waals surface area contributed by atoms with Crippen molar-refractivity contribution >= 4 is 28.7 Å². The van der Waals surface area contributed by atoms with Crippen molar-refractivity contribution in [1.82, 2.24) is 0 Å². The summed E-state index contributed by atoms with van der Waals surface area (Å²) in [6.07, 6.45) is -5.35. The second-order valence-electron chi connectivity index (χ2n) is 4.25. The topological polar surface area (TPSA) is 26.3 Å². The van der Waals surface area contributed by atoms with E-state index in [1.807, 2.05) is 0 Å². The first-order valence-electron chi connectivity index (χ1n) is 5.91. The lowest BCUT2D eigenvalue weighted by molar-refractivity contribution is -0.137. The van der Waals surface area contributed by atoms with Crippen molar-refractivity contribution in [2.45, 2.75) is 19.2 Å². The highest BCUT2D eigenvalue weighted by Gasteiger charge is 2.31. The summed E-state index contributed by atoms with van der Waals surface area (Å²) in [4.78, 5) is 12.5. The number of carbonyl (C=O) groups is 1. The highest BCUT2D eigenvalue weighted by molar-refractivity contribution is 7.18. The van der Waals surface area contributed by atoms with Crippen LogP contribution in [-0.2, 0) is 6.18 Å². The van der Waals surface area contributed by atoms with E-state index in [2.05, 4.69) is 0 Å². The van der Waals surface area contributed by atoms with E-state index in [0.717, 1.165) is 23.5 Å². The summed E-state index contributed by atoms with van der Waals surface area (Å²) < 4.78 is 43.5. The lowest BCUT2D eigenvalue weighted by atomic mass is 10.2. The molecule has 21 heavy (non-hydrogen) atoms. The molecule has 1 aromatic carbocycles. The molecule has 1 unspecified atom stereocenters. The highest BCUT2D eigenvalue weighted by atomic mass is 35.5. The van der Waals surface area contributed by atoms with Crippen LogP contribution in [0.5, 0.6) is 5.75 Å². The van der Waals surface area contributed by atoms with Crippen molar-refractivity contribution in [1.29, 1.82) is 0 Å².